The van der Waals surface area contributed by atoms with Crippen LogP contribution in [0.3, 0.4) is 0 Å². The second kappa shape index (κ2) is 11.4. The molecule has 1 aliphatic rings. The molecule has 0 saturated carbocycles. The lowest BCUT2D eigenvalue weighted by Crippen LogP contribution is -2.31. The third kappa shape index (κ3) is 5.71. The van der Waals surface area contributed by atoms with Gasteiger partial charge in [0.05, 0.1) is 12.7 Å². The first-order chi connectivity index (χ1) is 15.8. The van der Waals surface area contributed by atoms with E-state index in [2.05, 4.69) is 20.8 Å². The van der Waals surface area contributed by atoms with Crippen molar-refractivity contribution in [3.05, 3.63) is 53.1 Å². The van der Waals surface area contributed by atoms with E-state index in [4.69, 9.17) is 4.74 Å². The lowest BCUT2D eigenvalue weighted by molar-refractivity contribution is -0.0359. The third-order valence-electron chi connectivity index (χ3n) is 7.08. The molecule has 0 bridgehead atoms. The Balaban J connectivity index is 1.69. The molecule has 0 radical (unpaired) electrons. The number of phenols is 1. The summed E-state index contributed by atoms with van der Waals surface area (Å²) >= 11 is 0. The number of hydrogen-bond acceptors (Lipinski definition) is 2. The summed E-state index contributed by atoms with van der Waals surface area (Å²) in [5.74, 6) is -5.20. The Morgan fingerprint density at radius 1 is 0.879 bits per heavy atom. The molecule has 0 aliphatic carbocycles. The van der Waals surface area contributed by atoms with E-state index in [-0.39, 0.29) is 23.1 Å². The van der Waals surface area contributed by atoms with Gasteiger partial charge in [0.1, 0.15) is 0 Å². The minimum Gasteiger partial charge on any atom is -0.505 e. The molecule has 182 valence electrons. The van der Waals surface area contributed by atoms with E-state index < -0.39 is 34.6 Å². The van der Waals surface area contributed by atoms with Crippen molar-refractivity contribution in [2.24, 2.45) is 11.8 Å². The lowest BCUT2D eigenvalue weighted by Gasteiger charge is -2.34. The Bertz CT molecular complexity index is 938. The largest absolute Gasteiger partial charge is 0.505 e. The van der Waals surface area contributed by atoms with Gasteiger partial charge in [0.25, 0.3) is 0 Å². The summed E-state index contributed by atoms with van der Waals surface area (Å²) in [6, 6.07) is 4.64. The van der Waals surface area contributed by atoms with Crippen LogP contribution in [-0.2, 0) is 4.74 Å². The van der Waals surface area contributed by atoms with Gasteiger partial charge in [-0.1, -0.05) is 58.6 Å². The Kier molecular flexibility index (Phi) is 8.80. The van der Waals surface area contributed by atoms with Crippen molar-refractivity contribution < 1.29 is 27.4 Å². The second-order valence-corrected chi connectivity index (χ2v) is 9.38. The van der Waals surface area contributed by atoms with Crippen molar-refractivity contribution in [1.29, 1.82) is 0 Å². The summed E-state index contributed by atoms with van der Waals surface area (Å²) in [7, 11) is 0. The average molecular weight is 467 g/mol. The topological polar surface area (TPSA) is 29.5 Å². The molecule has 6 heteroatoms. The van der Waals surface area contributed by atoms with Crippen LogP contribution in [0.5, 0.6) is 5.75 Å². The van der Waals surface area contributed by atoms with Gasteiger partial charge in [-0.15, -0.1) is 0 Å². The first-order valence-corrected chi connectivity index (χ1v) is 12.0. The standard InChI is InChI=1S/C27H34F4O2/c1-4-6-16(3)7-8-17(5-2)23-14-9-18(15-33-23)19-10-11-20(25(29)24(19)28)21-12-13-22(32)27(31)26(21)30/h10-13,16-18,23,32H,4-9,14-15H2,1-3H3. The second-order valence-electron chi connectivity index (χ2n) is 9.38. The van der Waals surface area contributed by atoms with Gasteiger partial charge in [0.2, 0.25) is 5.82 Å². The van der Waals surface area contributed by atoms with Crippen LogP contribution in [0.25, 0.3) is 11.1 Å². The summed E-state index contributed by atoms with van der Waals surface area (Å²) in [5, 5.41) is 9.28. The zero-order chi connectivity index (χ0) is 24.1. The van der Waals surface area contributed by atoms with Crippen LogP contribution in [-0.4, -0.2) is 17.8 Å². The van der Waals surface area contributed by atoms with Crippen LogP contribution in [0.2, 0.25) is 0 Å². The fourth-order valence-electron chi connectivity index (χ4n) is 5.01. The smallest absolute Gasteiger partial charge is 0.200 e. The number of hydrogen-bond donors (Lipinski definition) is 1. The Labute approximate surface area is 194 Å². The minimum atomic E-state index is -1.49. The molecule has 0 amide bonds. The van der Waals surface area contributed by atoms with Gasteiger partial charge < -0.3 is 9.84 Å². The summed E-state index contributed by atoms with van der Waals surface area (Å²) in [6.45, 7) is 6.97. The first kappa shape index (κ1) is 25.5. The highest BCUT2D eigenvalue weighted by Gasteiger charge is 2.31. The highest BCUT2D eigenvalue weighted by Crippen LogP contribution is 2.38. The molecular weight excluding hydrogens is 432 g/mol. The van der Waals surface area contributed by atoms with Crippen molar-refractivity contribution in [3.63, 3.8) is 0 Å². The van der Waals surface area contributed by atoms with E-state index in [1.54, 1.807) is 0 Å². The van der Waals surface area contributed by atoms with Gasteiger partial charge in [-0.25, -0.2) is 13.2 Å². The molecule has 2 aromatic carbocycles. The van der Waals surface area contributed by atoms with Gasteiger partial charge in [0, 0.05) is 17.0 Å². The van der Waals surface area contributed by atoms with E-state index in [1.165, 1.54) is 31.4 Å². The average Bonchev–Trinajstić information content (AvgIpc) is 2.81. The monoisotopic (exact) mass is 466 g/mol. The van der Waals surface area contributed by atoms with E-state index in [1.807, 2.05) is 0 Å². The van der Waals surface area contributed by atoms with E-state index in [9.17, 15) is 22.7 Å². The minimum absolute atomic E-state index is 0.126. The zero-order valence-corrected chi connectivity index (χ0v) is 19.6. The Morgan fingerprint density at radius 3 is 2.15 bits per heavy atom. The van der Waals surface area contributed by atoms with Crippen LogP contribution in [0.15, 0.2) is 24.3 Å². The molecule has 0 aromatic heterocycles. The van der Waals surface area contributed by atoms with Crippen molar-refractivity contribution >= 4 is 0 Å². The van der Waals surface area contributed by atoms with Crippen LogP contribution >= 0.6 is 0 Å². The number of aromatic hydroxyl groups is 1. The highest BCUT2D eigenvalue weighted by atomic mass is 19.2. The molecule has 1 heterocycles. The van der Waals surface area contributed by atoms with Crippen LogP contribution in [0, 0.1) is 35.1 Å². The molecule has 3 rings (SSSR count). The van der Waals surface area contributed by atoms with Gasteiger partial charge in [-0.3, -0.25) is 0 Å². The summed E-state index contributed by atoms with van der Waals surface area (Å²) in [4.78, 5) is 0. The van der Waals surface area contributed by atoms with Crippen LogP contribution in [0.1, 0.15) is 77.2 Å². The number of rotatable bonds is 9. The summed E-state index contributed by atoms with van der Waals surface area (Å²) in [5.41, 5.74) is -0.621. The molecule has 4 atom stereocenters. The van der Waals surface area contributed by atoms with E-state index in [0.29, 0.717) is 24.9 Å². The highest BCUT2D eigenvalue weighted by molar-refractivity contribution is 5.66. The van der Waals surface area contributed by atoms with Gasteiger partial charge in [-0.2, -0.15) is 4.39 Å². The fraction of sp³-hybridized carbons (Fsp3) is 0.556. The van der Waals surface area contributed by atoms with E-state index >= 15 is 0 Å². The fourth-order valence-corrected chi connectivity index (χ4v) is 5.01. The van der Waals surface area contributed by atoms with Crippen molar-refractivity contribution in [2.45, 2.75) is 77.7 Å². The molecular formula is C27H34F4O2. The number of halogens is 4. The third-order valence-corrected chi connectivity index (χ3v) is 7.08. The summed E-state index contributed by atoms with van der Waals surface area (Å²) in [6.07, 6.45) is 7.32. The molecule has 4 unspecified atom stereocenters. The van der Waals surface area contributed by atoms with Crippen molar-refractivity contribution in [2.75, 3.05) is 6.61 Å². The molecule has 2 aromatic rings. The predicted octanol–water partition coefficient (Wildman–Crippen LogP) is 8.12. The predicted molar refractivity (Wildman–Crippen MR) is 122 cm³/mol. The molecule has 0 spiro atoms. The normalized spacial score (nSPS) is 20.6. The van der Waals surface area contributed by atoms with Gasteiger partial charge >= 0.3 is 0 Å². The number of benzene rings is 2. The van der Waals surface area contributed by atoms with E-state index in [0.717, 1.165) is 31.4 Å². The van der Waals surface area contributed by atoms with Crippen molar-refractivity contribution in [3.8, 4) is 16.9 Å². The van der Waals surface area contributed by atoms with Gasteiger partial charge in [0.15, 0.2) is 23.2 Å². The number of ether oxygens (including phenoxy) is 1. The maximum absolute atomic E-state index is 15.0. The quantitative estimate of drug-likeness (QED) is 0.378. The Morgan fingerprint density at radius 2 is 1.55 bits per heavy atom. The first-order valence-electron chi connectivity index (χ1n) is 12.0. The van der Waals surface area contributed by atoms with Gasteiger partial charge in [-0.05, 0) is 48.8 Å². The zero-order valence-electron chi connectivity index (χ0n) is 19.6. The lowest BCUT2D eigenvalue weighted by atomic mass is 9.83. The number of phenolic OH excluding ortho intramolecular Hbond substituents is 1. The van der Waals surface area contributed by atoms with Crippen molar-refractivity contribution in [1.82, 2.24) is 0 Å². The molecule has 2 nitrogen and oxygen atoms in total. The molecule has 1 fully saturated rings. The Hall–Kier alpha value is -2.08. The molecule has 1 N–H and O–H groups in total. The summed E-state index contributed by atoms with van der Waals surface area (Å²) < 4.78 is 63.8. The molecule has 1 saturated heterocycles. The molecule has 33 heavy (non-hydrogen) atoms. The van der Waals surface area contributed by atoms with Crippen LogP contribution in [0.4, 0.5) is 17.6 Å². The molecule has 1 aliphatic heterocycles. The maximum atomic E-state index is 15.0. The van der Waals surface area contributed by atoms with Crippen LogP contribution < -0.4 is 0 Å². The maximum Gasteiger partial charge on any atom is 0.200 e. The SMILES string of the molecule is CCCC(C)CCC(CC)C1CCC(c2ccc(-c3ccc(O)c(F)c3F)c(F)c2F)CO1.